The Bertz CT molecular complexity index is 1060. The molecule has 5 nitrogen and oxygen atoms in total. The largest absolute Gasteiger partial charge is 0.484 e. The summed E-state index contributed by atoms with van der Waals surface area (Å²) >= 11 is 12.9. The first-order chi connectivity index (χ1) is 14.6. The first-order valence-electron chi connectivity index (χ1n) is 10.5. The molecule has 3 atom stereocenters. The molecule has 0 amide bonds. The molecule has 1 saturated heterocycles. The van der Waals surface area contributed by atoms with Crippen LogP contribution in [0.4, 0.5) is 0 Å². The van der Waals surface area contributed by atoms with Gasteiger partial charge in [0.25, 0.3) is 0 Å². The van der Waals surface area contributed by atoms with Crippen molar-refractivity contribution in [1.82, 2.24) is 9.80 Å². The number of fused-ring (bicyclic) bond motifs is 1. The lowest BCUT2D eigenvalue weighted by molar-refractivity contribution is 0.0380. The Morgan fingerprint density at radius 1 is 1.13 bits per heavy atom. The van der Waals surface area contributed by atoms with E-state index in [-0.39, 0.29) is 17.0 Å². The SMILES string of the molecule is CN(C)[C@@H]1CCCN([C@H]2Cc3c(Cl)cc(Cl)cc3[C@@H]2Oc2ccc(S(C)(=O)=O)cc2)C1. The van der Waals surface area contributed by atoms with Crippen molar-refractivity contribution in [3.05, 3.63) is 57.6 Å². The van der Waals surface area contributed by atoms with E-state index in [4.69, 9.17) is 27.9 Å². The van der Waals surface area contributed by atoms with Gasteiger partial charge in [-0.1, -0.05) is 23.2 Å². The minimum Gasteiger partial charge on any atom is -0.484 e. The molecule has 1 fully saturated rings. The Labute approximate surface area is 194 Å². The molecule has 2 aromatic carbocycles. The van der Waals surface area contributed by atoms with Gasteiger partial charge >= 0.3 is 0 Å². The van der Waals surface area contributed by atoms with E-state index in [1.807, 2.05) is 6.07 Å². The average molecular weight is 483 g/mol. The highest BCUT2D eigenvalue weighted by molar-refractivity contribution is 7.90. The van der Waals surface area contributed by atoms with E-state index < -0.39 is 9.84 Å². The van der Waals surface area contributed by atoms with Crippen LogP contribution < -0.4 is 4.74 Å². The second-order valence-corrected chi connectivity index (χ2v) is 11.6. The number of piperidine rings is 1. The fourth-order valence-corrected chi connectivity index (χ4v) is 5.91. The molecule has 31 heavy (non-hydrogen) atoms. The maximum atomic E-state index is 11.8. The Balaban J connectivity index is 1.66. The maximum absolute atomic E-state index is 11.8. The van der Waals surface area contributed by atoms with Gasteiger partial charge in [-0.2, -0.15) is 0 Å². The summed E-state index contributed by atoms with van der Waals surface area (Å²) in [6.07, 6.45) is 4.11. The summed E-state index contributed by atoms with van der Waals surface area (Å²) in [5.74, 6) is 0.632. The molecule has 0 spiro atoms. The van der Waals surface area contributed by atoms with Gasteiger partial charge in [0.15, 0.2) is 9.84 Å². The molecule has 8 heteroatoms. The number of nitrogens with zero attached hydrogens (tertiary/aromatic N) is 2. The van der Waals surface area contributed by atoms with Gasteiger partial charge in [-0.05, 0) is 81.9 Å². The van der Waals surface area contributed by atoms with E-state index in [0.29, 0.717) is 21.8 Å². The number of hydrogen-bond donors (Lipinski definition) is 0. The van der Waals surface area contributed by atoms with Crippen LogP contribution in [0.15, 0.2) is 41.3 Å². The summed E-state index contributed by atoms with van der Waals surface area (Å²) in [7, 11) is 1.01. The number of sulfone groups is 1. The molecule has 0 aromatic heterocycles. The lowest BCUT2D eigenvalue weighted by Crippen LogP contribution is -2.51. The highest BCUT2D eigenvalue weighted by Crippen LogP contribution is 2.43. The molecule has 0 unspecified atom stereocenters. The molecule has 0 N–H and O–H groups in total. The van der Waals surface area contributed by atoms with Crippen LogP contribution in [-0.2, 0) is 16.3 Å². The van der Waals surface area contributed by atoms with Crippen LogP contribution in [0.3, 0.4) is 0 Å². The van der Waals surface area contributed by atoms with E-state index >= 15 is 0 Å². The van der Waals surface area contributed by atoms with Crippen molar-refractivity contribution in [2.75, 3.05) is 33.4 Å². The molecular formula is C23H28Cl2N2O3S. The monoisotopic (exact) mass is 482 g/mol. The quantitative estimate of drug-likeness (QED) is 0.628. The Hall–Kier alpha value is -1.31. The minimum atomic E-state index is -3.25. The number of hydrogen-bond acceptors (Lipinski definition) is 5. The molecule has 0 radical (unpaired) electrons. The van der Waals surface area contributed by atoms with Crippen molar-refractivity contribution >= 4 is 33.0 Å². The van der Waals surface area contributed by atoms with Crippen molar-refractivity contribution in [3.8, 4) is 5.75 Å². The zero-order valence-electron chi connectivity index (χ0n) is 18.0. The standard InChI is InChI=1S/C23H28Cl2N2O3S/c1-26(2)16-5-4-10-27(14-16)22-13-19-20(11-15(24)12-21(19)25)23(22)30-17-6-8-18(9-7-17)31(3,28)29/h6-9,11-12,16,22-23H,4-5,10,13-14H2,1-3H3/t16-,22+,23+/m1/s1. The fourth-order valence-electron chi connectivity index (χ4n) is 4.70. The molecule has 0 bridgehead atoms. The molecule has 1 heterocycles. The van der Waals surface area contributed by atoms with Gasteiger partial charge in [0.2, 0.25) is 0 Å². The zero-order chi connectivity index (χ0) is 22.3. The van der Waals surface area contributed by atoms with E-state index in [9.17, 15) is 8.42 Å². The van der Waals surface area contributed by atoms with Crippen LogP contribution in [0.25, 0.3) is 0 Å². The third kappa shape index (κ3) is 4.88. The second-order valence-electron chi connectivity index (χ2n) is 8.76. The van der Waals surface area contributed by atoms with Gasteiger partial charge < -0.3 is 9.64 Å². The van der Waals surface area contributed by atoms with Gasteiger partial charge in [-0.3, -0.25) is 4.90 Å². The molecule has 2 aromatic rings. The third-order valence-corrected chi connectivity index (χ3v) is 8.09. The molecule has 1 aliphatic carbocycles. The van der Waals surface area contributed by atoms with Crippen LogP contribution in [0.1, 0.15) is 30.1 Å². The number of halogens is 2. The second kappa shape index (κ2) is 8.91. The van der Waals surface area contributed by atoms with Gasteiger partial charge in [0, 0.05) is 34.5 Å². The van der Waals surface area contributed by atoms with Crippen LogP contribution in [-0.4, -0.2) is 63.7 Å². The molecule has 168 valence electrons. The molecule has 4 rings (SSSR count). The average Bonchev–Trinajstić information content (AvgIpc) is 3.06. The summed E-state index contributed by atoms with van der Waals surface area (Å²) in [5, 5.41) is 1.27. The van der Waals surface area contributed by atoms with E-state index in [1.165, 1.54) is 12.7 Å². The minimum absolute atomic E-state index is 0.142. The van der Waals surface area contributed by atoms with Crippen molar-refractivity contribution in [2.45, 2.75) is 42.3 Å². The number of ether oxygens (including phenoxy) is 1. The molecule has 1 aliphatic heterocycles. The van der Waals surface area contributed by atoms with Gasteiger partial charge in [0.05, 0.1) is 10.9 Å². The van der Waals surface area contributed by atoms with Crippen LogP contribution in [0.2, 0.25) is 10.0 Å². The topological polar surface area (TPSA) is 49.9 Å². The van der Waals surface area contributed by atoms with Crippen molar-refractivity contribution < 1.29 is 13.2 Å². The van der Waals surface area contributed by atoms with Crippen LogP contribution in [0.5, 0.6) is 5.75 Å². The molecule has 0 saturated carbocycles. The summed E-state index contributed by atoms with van der Waals surface area (Å²) in [5.41, 5.74) is 2.10. The van der Waals surface area contributed by atoms with E-state index in [0.717, 1.165) is 37.1 Å². The normalized spacial score (nSPS) is 24.4. The van der Waals surface area contributed by atoms with E-state index in [2.05, 4.69) is 23.9 Å². The number of likely N-dealkylation sites (N-methyl/N-ethyl adjacent to an activating group) is 1. The summed E-state index contributed by atoms with van der Waals surface area (Å²) < 4.78 is 30.1. The van der Waals surface area contributed by atoms with Crippen molar-refractivity contribution in [1.29, 1.82) is 0 Å². The first-order valence-corrected chi connectivity index (χ1v) is 13.1. The lowest BCUT2D eigenvalue weighted by atomic mass is 10.0. The van der Waals surface area contributed by atoms with Crippen molar-refractivity contribution in [2.24, 2.45) is 0 Å². The highest BCUT2D eigenvalue weighted by Gasteiger charge is 2.41. The van der Waals surface area contributed by atoms with Gasteiger partial charge in [-0.15, -0.1) is 0 Å². The van der Waals surface area contributed by atoms with Crippen LogP contribution in [0, 0.1) is 0 Å². The van der Waals surface area contributed by atoms with Crippen molar-refractivity contribution in [3.63, 3.8) is 0 Å². The Morgan fingerprint density at radius 2 is 1.84 bits per heavy atom. The Morgan fingerprint density at radius 3 is 2.48 bits per heavy atom. The number of benzene rings is 2. The molecule has 2 aliphatic rings. The lowest BCUT2D eigenvalue weighted by Gasteiger charge is -2.41. The van der Waals surface area contributed by atoms with Gasteiger partial charge in [-0.25, -0.2) is 8.42 Å². The predicted molar refractivity (Wildman–Crippen MR) is 125 cm³/mol. The fraction of sp³-hybridized carbons (Fsp3) is 0.478. The summed E-state index contributed by atoms with van der Waals surface area (Å²) in [4.78, 5) is 5.07. The predicted octanol–water partition coefficient (Wildman–Crippen LogP) is 4.47. The summed E-state index contributed by atoms with van der Waals surface area (Å²) in [6.45, 7) is 1.99. The van der Waals surface area contributed by atoms with Crippen LogP contribution >= 0.6 is 23.2 Å². The summed E-state index contributed by atoms with van der Waals surface area (Å²) in [6, 6.07) is 11.0. The first kappa shape index (κ1) is 22.9. The maximum Gasteiger partial charge on any atom is 0.175 e. The Kier molecular flexibility index (Phi) is 6.57. The number of rotatable bonds is 5. The zero-order valence-corrected chi connectivity index (χ0v) is 20.3. The molecular weight excluding hydrogens is 455 g/mol. The third-order valence-electron chi connectivity index (χ3n) is 6.41. The highest BCUT2D eigenvalue weighted by atomic mass is 35.5. The smallest absolute Gasteiger partial charge is 0.175 e. The van der Waals surface area contributed by atoms with E-state index in [1.54, 1.807) is 30.3 Å². The van der Waals surface area contributed by atoms with Gasteiger partial charge in [0.1, 0.15) is 11.9 Å². The number of likely N-dealkylation sites (tertiary alicyclic amines) is 1.